The number of piperidine rings is 1. The molecule has 3 fully saturated rings. The summed E-state index contributed by atoms with van der Waals surface area (Å²) < 4.78 is 0. The minimum atomic E-state index is 0.305. The molecule has 0 bridgehead atoms. The minimum Gasteiger partial charge on any atom is -0.368 e. The molecule has 2 aliphatic heterocycles. The van der Waals surface area contributed by atoms with Crippen LogP contribution in [0.2, 0.25) is 0 Å². The Morgan fingerprint density at radius 2 is 1.85 bits per heavy atom. The highest BCUT2D eigenvalue weighted by Crippen LogP contribution is 2.35. The van der Waals surface area contributed by atoms with Gasteiger partial charge in [0.05, 0.1) is 0 Å². The number of aromatic nitrogens is 2. The molecular weight excluding hydrogens is 340 g/mol. The van der Waals surface area contributed by atoms with E-state index < -0.39 is 0 Å². The largest absolute Gasteiger partial charge is 0.368 e. The van der Waals surface area contributed by atoms with E-state index in [9.17, 15) is 4.79 Å². The van der Waals surface area contributed by atoms with Crippen LogP contribution in [0.5, 0.6) is 0 Å². The van der Waals surface area contributed by atoms with Crippen molar-refractivity contribution in [1.82, 2.24) is 19.8 Å². The molecule has 7 heteroatoms. The normalized spacial score (nSPS) is 27.2. The second-order valence-electron chi connectivity index (χ2n) is 8.46. The third kappa shape index (κ3) is 4.41. The van der Waals surface area contributed by atoms with Gasteiger partial charge in [0.15, 0.2) is 0 Å². The molecule has 148 valence electrons. The molecule has 0 aromatic carbocycles. The summed E-state index contributed by atoms with van der Waals surface area (Å²) in [5, 5.41) is 0. The van der Waals surface area contributed by atoms with Crippen LogP contribution in [0, 0.1) is 5.92 Å². The first kappa shape index (κ1) is 18.6. The van der Waals surface area contributed by atoms with Crippen molar-refractivity contribution in [3.05, 3.63) is 18.0 Å². The van der Waals surface area contributed by atoms with Crippen LogP contribution >= 0.6 is 0 Å². The number of anilines is 1. The molecule has 1 aromatic heterocycles. The molecule has 1 amide bonds. The SMILES string of the molecule is NC[C@H]1CC[C@@H](CC(=O)N2CCC(c3ccnc(N)n3)CC2)N1CC1CC1. The number of rotatable bonds is 6. The fourth-order valence-corrected chi connectivity index (χ4v) is 4.75. The predicted molar refractivity (Wildman–Crippen MR) is 105 cm³/mol. The summed E-state index contributed by atoms with van der Waals surface area (Å²) >= 11 is 0. The lowest BCUT2D eigenvalue weighted by molar-refractivity contribution is -0.133. The fourth-order valence-electron chi connectivity index (χ4n) is 4.75. The Hall–Kier alpha value is -1.73. The van der Waals surface area contributed by atoms with Gasteiger partial charge in [0.25, 0.3) is 0 Å². The average molecular weight is 373 g/mol. The van der Waals surface area contributed by atoms with E-state index in [2.05, 4.69) is 14.9 Å². The van der Waals surface area contributed by atoms with Gasteiger partial charge in [0.1, 0.15) is 0 Å². The zero-order chi connectivity index (χ0) is 18.8. The number of amides is 1. The molecular formula is C20H32N6O. The van der Waals surface area contributed by atoms with Gasteiger partial charge in [-0.1, -0.05) is 0 Å². The second kappa shape index (κ2) is 8.10. The van der Waals surface area contributed by atoms with Crippen molar-refractivity contribution >= 4 is 11.9 Å². The number of nitrogens with zero attached hydrogens (tertiary/aromatic N) is 4. The Morgan fingerprint density at radius 1 is 1.11 bits per heavy atom. The Bertz CT molecular complexity index is 656. The van der Waals surface area contributed by atoms with E-state index in [1.165, 1.54) is 12.8 Å². The van der Waals surface area contributed by atoms with E-state index in [4.69, 9.17) is 11.5 Å². The van der Waals surface area contributed by atoms with E-state index in [-0.39, 0.29) is 0 Å². The van der Waals surface area contributed by atoms with Gasteiger partial charge in [0, 0.05) is 62.5 Å². The van der Waals surface area contributed by atoms with Crippen LogP contribution in [0.15, 0.2) is 12.3 Å². The van der Waals surface area contributed by atoms with Crippen molar-refractivity contribution in [1.29, 1.82) is 0 Å². The Labute approximate surface area is 161 Å². The van der Waals surface area contributed by atoms with Crippen molar-refractivity contribution in [2.45, 2.75) is 62.9 Å². The lowest BCUT2D eigenvalue weighted by atomic mass is 9.93. The lowest BCUT2D eigenvalue weighted by Crippen LogP contribution is -2.45. The first-order valence-electron chi connectivity index (χ1n) is 10.5. The van der Waals surface area contributed by atoms with Crippen LogP contribution in [-0.2, 0) is 4.79 Å². The zero-order valence-corrected chi connectivity index (χ0v) is 16.1. The van der Waals surface area contributed by atoms with Gasteiger partial charge >= 0.3 is 0 Å². The van der Waals surface area contributed by atoms with Gasteiger partial charge in [-0.3, -0.25) is 9.69 Å². The first-order valence-corrected chi connectivity index (χ1v) is 10.5. The molecule has 0 spiro atoms. The van der Waals surface area contributed by atoms with Crippen molar-refractivity contribution < 1.29 is 4.79 Å². The summed E-state index contributed by atoms with van der Waals surface area (Å²) in [6, 6.07) is 2.79. The summed E-state index contributed by atoms with van der Waals surface area (Å²) in [4.78, 5) is 25.8. The van der Waals surface area contributed by atoms with E-state index in [1.54, 1.807) is 6.20 Å². The number of carbonyl (C=O) groups excluding carboxylic acids is 1. The van der Waals surface area contributed by atoms with E-state index >= 15 is 0 Å². The summed E-state index contributed by atoms with van der Waals surface area (Å²) in [7, 11) is 0. The van der Waals surface area contributed by atoms with Crippen LogP contribution in [0.1, 0.15) is 56.6 Å². The van der Waals surface area contributed by atoms with Crippen LogP contribution in [-0.4, -0.2) is 63.9 Å². The van der Waals surface area contributed by atoms with Crippen LogP contribution < -0.4 is 11.5 Å². The molecule has 1 aliphatic carbocycles. The van der Waals surface area contributed by atoms with Gasteiger partial charge < -0.3 is 16.4 Å². The van der Waals surface area contributed by atoms with Gasteiger partial charge in [-0.2, -0.15) is 0 Å². The quantitative estimate of drug-likeness (QED) is 0.782. The monoisotopic (exact) mass is 372 g/mol. The van der Waals surface area contributed by atoms with Gasteiger partial charge in [-0.05, 0) is 50.5 Å². The van der Waals surface area contributed by atoms with Crippen molar-refractivity contribution in [2.75, 3.05) is 31.9 Å². The third-order valence-electron chi connectivity index (χ3n) is 6.58. The van der Waals surface area contributed by atoms with Crippen molar-refractivity contribution in [2.24, 2.45) is 11.7 Å². The summed E-state index contributed by atoms with van der Waals surface area (Å²) in [6.07, 6.45) is 9.19. The van der Waals surface area contributed by atoms with E-state index in [0.29, 0.717) is 42.8 Å². The molecule has 3 heterocycles. The van der Waals surface area contributed by atoms with Crippen molar-refractivity contribution in [3.8, 4) is 0 Å². The van der Waals surface area contributed by atoms with Crippen molar-refractivity contribution in [3.63, 3.8) is 0 Å². The minimum absolute atomic E-state index is 0.305. The molecule has 2 saturated heterocycles. The zero-order valence-electron chi connectivity index (χ0n) is 16.1. The molecule has 0 radical (unpaired) electrons. The number of nitrogen functional groups attached to an aromatic ring is 1. The van der Waals surface area contributed by atoms with Crippen LogP contribution in [0.25, 0.3) is 0 Å². The highest BCUT2D eigenvalue weighted by Gasteiger charge is 2.38. The van der Waals surface area contributed by atoms with Crippen LogP contribution in [0.3, 0.4) is 0 Å². The van der Waals surface area contributed by atoms with E-state index in [0.717, 1.165) is 56.9 Å². The Kier molecular flexibility index (Phi) is 5.59. The van der Waals surface area contributed by atoms with Crippen LogP contribution in [0.4, 0.5) is 5.95 Å². The summed E-state index contributed by atoms with van der Waals surface area (Å²) in [5.41, 5.74) is 12.7. The van der Waals surface area contributed by atoms with Gasteiger partial charge in [0.2, 0.25) is 11.9 Å². The number of hydrogen-bond acceptors (Lipinski definition) is 6. The predicted octanol–water partition coefficient (Wildman–Crippen LogP) is 1.36. The molecule has 3 aliphatic rings. The molecule has 4 N–H and O–H groups in total. The molecule has 27 heavy (non-hydrogen) atoms. The fraction of sp³-hybridized carbons (Fsp3) is 0.750. The highest BCUT2D eigenvalue weighted by molar-refractivity contribution is 5.77. The lowest BCUT2D eigenvalue weighted by Gasteiger charge is -2.34. The van der Waals surface area contributed by atoms with Gasteiger partial charge in [-0.25, -0.2) is 9.97 Å². The summed E-state index contributed by atoms with van der Waals surface area (Å²) in [6.45, 7) is 3.47. The molecule has 1 saturated carbocycles. The molecule has 4 rings (SSSR count). The highest BCUT2D eigenvalue weighted by atomic mass is 16.2. The summed E-state index contributed by atoms with van der Waals surface area (Å²) in [5.74, 6) is 1.85. The molecule has 1 aromatic rings. The maximum absolute atomic E-state index is 12.9. The number of nitrogens with two attached hydrogens (primary N) is 2. The first-order chi connectivity index (χ1) is 13.1. The second-order valence-corrected chi connectivity index (χ2v) is 8.46. The maximum atomic E-state index is 12.9. The van der Waals surface area contributed by atoms with Gasteiger partial charge in [-0.15, -0.1) is 0 Å². The standard InChI is InChI=1S/C20H32N6O/c21-12-17-4-3-16(26(17)13-14-1-2-14)11-19(27)25-9-6-15(7-10-25)18-5-8-23-20(22)24-18/h5,8,14-17H,1-4,6-7,9-13,21H2,(H2,22,23,24)/t16-,17+/m0/s1. The smallest absolute Gasteiger partial charge is 0.224 e. The molecule has 0 unspecified atom stereocenters. The number of hydrogen-bond donors (Lipinski definition) is 2. The Morgan fingerprint density at radius 3 is 2.52 bits per heavy atom. The Balaban J connectivity index is 1.30. The third-order valence-corrected chi connectivity index (χ3v) is 6.58. The topological polar surface area (TPSA) is 101 Å². The number of likely N-dealkylation sites (tertiary alicyclic amines) is 2. The maximum Gasteiger partial charge on any atom is 0.224 e. The number of carbonyl (C=O) groups is 1. The van der Waals surface area contributed by atoms with E-state index in [1.807, 2.05) is 11.0 Å². The average Bonchev–Trinajstić information content (AvgIpc) is 3.43. The molecule has 2 atom stereocenters. The molecule has 7 nitrogen and oxygen atoms in total.